The molecule has 1 aliphatic carbocycles. The number of aliphatic hydroxyl groups is 4. The highest BCUT2D eigenvalue weighted by Crippen LogP contribution is 2.35. The predicted molar refractivity (Wildman–Crippen MR) is 73.9 cm³/mol. The van der Waals surface area contributed by atoms with Crippen molar-refractivity contribution in [3.8, 4) is 17.2 Å². The molecule has 0 aliphatic heterocycles. The average molecular weight is 330 g/mol. The molecular weight excluding hydrogens is 312 g/mol. The lowest BCUT2D eigenvalue weighted by molar-refractivity contribution is -0.163. The molecule has 1 aromatic rings. The van der Waals surface area contributed by atoms with Crippen LogP contribution in [0.2, 0.25) is 0 Å². The lowest BCUT2D eigenvalue weighted by Gasteiger charge is -2.37. The number of phenolic OH excluding ortho intramolecular Hbond substituents is 3. The Hall–Kier alpha value is -2.07. The van der Waals surface area contributed by atoms with Crippen LogP contribution in [0.25, 0.3) is 0 Å². The smallest absolute Gasteiger partial charge is 0.338 e. The third kappa shape index (κ3) is 3.48. The van der Waals surface area contributed by atoms with Gasteiger partial charge in [0.1, 0.15) is 12.2 Å². The quantitative estimate of drug-likeness (QED) is 0.255. The van der Waals surface area contributed by atoms with Crippen LogP contribution in [0.15, 0.2) is 12.1 Å². The lowest BCUT2D eigenvalue weighted by atomic mass is 9.81. The fourth-order valence-corrected chi connectivity index (χ4v) is 2.45. The third-order valence-electron chi connectivity index (χ3n) is 3.86. The van der Waals surface area contributed by atoms with E-state index >= 15 is 0 Å². The molecule has 0 unspecified atom stereocenters. The fourth-order valence-electron chi connectivity index (χ4n) is 2.45. The molecule has 0 heterocycles. The maximum Gasteiger partial charge on any atom is 0.338 e. The lowest BCUT2D eigenvalue weighted by Crippen LogP contribution is -2.54. The van der Waals surface area contributed by atoms with Crippen LogP contribution in [0, 0.1) is 5.92 Å². The summed E-state index contributed by atoms with van der Waals surface area (Å²) >= 11 is 0. The molecule has 7 N–H and O–H groups in total. The van der Waals surface area contributed by atoms with E-state index in [1.807, 2.05) is 0 Å². The van der Waals surface area contributed by atoms with E-state index in [-0.39, 0.29) is 18.6 Å². The summed E-state index contributed by atoms with van der Waals surface area (Å²) in [4.78, 5) is 11.9. The first-order chi connectivity index (χ1) is 10.7. The van der Waals surface area contributed by atoms with E-state index in [0.717, 1.165) is 12.1 Å². The van der Waals surface area contributed by atoms with Crippen LogP contribution in [0.3, 0.4) is 0 Å². The Morgan fingerprint density at radius 3 is 2.13 bits per heavy atom. The molecule has 0 spiro atoms. The molecule has 23 heavy (non-hydrogen) atoms. The number of aliphatic hydroxyl groups excluding tert-OH is 4. The van der Waals surface area contributed by atoms with Gasteiger partial charge in [-0.1, -0.05) is 0 Å². The first-order valence-electron chi connectivity index (χ1n) is 6.86. The van der Waals surface area contributed by atoms with Gasteiger partial charge in [0.25, 0.3) is 0 Å². The minimum atomic E-state index is -1.57. The van der Waals surface area contributed by atoms with Gasteiger partial charge in [0.05, 0.1) is 24.4 Å². The SMILES string of the molecule is O=C(OC[C@@H]1C[C@@H](O)[C@H](O)[C@@H](O)[C@@H]1O)c1cc(O)c(O)c(O)c1. The number of carbonyl (C=O) groups excluding carboxylic acids is 1. The van der Waals surface area contributed by atoms with Crippen LogP contribution in [-0.4, -0.2) is 72.7 Å². The standard InChI is InChI=1S/C14H18O9/c15-7-1-5(2-8(16)11(7)19)14(22)23-4-6-3-9(17)12(20)13(21)10(6)18/h1-2,6,9-10,12-13,15-21H,3-4H2/t6-,9+,10+,12-,13-/m0/s1. The van der Waals surface area contributed by atoms with Gasteiger partial charge in [0, 0.05) is 5.92 Å². The number of hydrogen-bond donors (Lipinski definition) is 7. The van der Waals surface area contributed by atoms with E-state index in [1.165, 1.54) is 0 Å². The van der Waals surface area contributed by atoms with Crippen LogP contribution in [0.4, 0.5) is 0 Å². The molecular formula is C14H18O9. The molecule has 1 saturated carbocycles. The van der Waals surface area contributed by atoms with Gasteiger partial charge in [0.15, 0.2) is 17.2 Å². The first-order valence-corrected chi connectivity index (χ1v) is 6.86. The number of carbonyl (C=O) groups is 1. The number of phenols is 3. The molecule has 5 atom stereocenters. The summed E-state index contributed by atoms with van der Waals surface area (Å²) in [6.07, 6.45) is -5.78. The second kappa shape index (κ2) is 6.59. The Balaban J connectivity index is 2.02. The van der Waals surface area contributed by atoms with Crippen molar-refractivity contribution in [3.63, 3.8) is 0 Å². The topological polar surface area (TPSA) is 168 Å². The van der Waals surface area contributed by atoms with Gasteiger partial charge in [-0.15, -0.1) is 0 Å². The van der Waals surface area contributed by atoms with E-state index in [0.29, 0.717) is 0 Å². The van der Waals surface area contributed by atoms with Crippen molar-refractivity contribution in [2.45, 2.75) is 30.8 Å². The molecule has 1 aliphatic rings. The molecule has 9 nitrogen and oxygen atoms in total. The van der Waals surface area contributed by atoms with Gasteiger partial charge >= 0.3 is 5.97 Å². The van der Waals surface area contributed by atoms with Crippen molar-refractivity contribution < 1.29 is 45.3 Å². The highest BCUT2D eigenvalue weighted by Gasteiger charge is 2.42. The predicted octanol–water partition coefficient (Wildman–Crippen LogP) is -1.58. The second-order valence-corrected chi connectivity index (χ2v) is 5.50. The van der Waals surface area contributed by atoms with Gasteiger partial charge in [-0.05, 0) is 18.6 Å². The Morgan fingerprint density at radius 1 is 1.00 bits per heavy atom. The second-order valence-electron chi connectivity index (χ2n) is 5.50. The zero-order valence-corrected chi connectivity index (χ0v) is 11.9. The molecule has 1 aromatic carbocycles. The van der Waals surface area contributed by atoms with E-state index in [1.54, 1.807) is 0 Å². The maximum absolute atomic E-state index is 11.9. The summed E-state index contributed by atoms with van der Waals surface area (Å²) in [6.45, 7) is -0.358. The summed E-state index contributed by atoms with van der Waals surface area (Å²) in [5.74, 6) is -3.93. The maximum atomic E-state index is 11.9. The van der Waals surface area contributed by atoms with Crippen molar-refractivity contribution in [2.24, 2.45) is 5.92 Å². The Morgan fingerprint density at radius 2 is 1.57 bits per heavy atom. The zero-order chi connectivity index (χ0) is 17.3. The monoisotopic (exact) mass is 330 g/mol. The Kier molecular flexibility index (Phi) is 4.95. The molecule has 0 saturated heterocycles. The highest BCUT2D eigenvalue weighted by atomic mass is 16.5. The molecule has 1 fully saturated rings. The van der Waals surface area contributed by atoms with Gasteiger partial charge in [0.2, 0.25) is 0 Å². The van der Waals surface area contributed by atoms with Crippen molar-refractivity contribution in [2.75, 3.05) is 6.61 Å². The average Bonchev–Trinajstić information content (AvgIpc) is 2.51. The third-order valence-corrected chi connectivity index (χ3v) is 3.86. The molecule has 0 bridgehead atoms. The molecule has 0 amide bonds. The summed E-state index contributed by atoms with van der Waals surface area (Å²) in [7, 11) is 0. The number of aromatic hydroxyl groups is 3. The van der Waals surface area contributed by atoms with E-state index in [9.17, 15) is 40.5 Å². The zero-order valence-electron chi connectivity index (χ0n) is 11.9. The van der Waals surface area contributed by atoms with Crippen LogP contribution in [0.5, 0.6) is 17.2 Å². The first kappa shape index (κ1) is 17.3. The van der Waals surface area contributed by atoms with Crippen LogP contribution in [0.1, 0.15) is 16.8 Å². The summed E-state index contributed by atoms with van der Waals surface area (Å²) in [5, 5.41) is 66.3. The molecule has 2 rings (SSSR count). The summed E-state index contributed by atoms with van der Waals surface area (Å²) in [5.41, 5.74) is -0.232. The number of hydrogen-bond acceptors (Lipinski definition) is 9. The van der Waals surface area contributed by atoms with E-state index < -0.39 is 53.6 Å². The molecule has 128 valence electrons. The molecule has 9 heteroatoms. The fraction of sp³-hybridized carbons (Fsp3) is 0.500. The minimum absolute atomic E-state index is 0.0846. The van der Waals surface area contributed by atoms with E-state index in [4.69, 9.17) is 4.74 Å². The van der Waals surface area contributed by atoms with E-state index in [2.05, 4.69) is 0 Å². The van der Waals surface area contributed by atoms with Gasteiger partial charge in [-0.3, -0.25) is 0 Å². The van der Waals surface area contributed by atoms with Gasteiger partial charge < -0.3 is 40.5 Å². The summed E-state index contributed by atoms with van der Waals surface area (Å²) < 4.78 is 4.91. The van der Waals surface area contributed by atoms with Crippen molar-refractivity contribution >= 4 is 5.97 Å². The number of benzene rings is 1. The number of rotatable bonds is 3. The Bertz CT molecular complexity index is 565. The number of esters is 1. The molecule has 0 aromatic heterocycles. The largest absolute Gasteiger partial charge is 0.504 e. The van der Waals surface area contributed by atoms with Crippen molar-refractivity contribution in [1.82, 2.24) is 0 Å². The normalized spacial score (nSPS) is 30.9. The van der Waals surface area contributed by atoms with Gasteiger partial charge in [-0.2, -0.15) is 0 Å². The molecule has 0 radical (unpaired) electrons. The van der Waals surface area contributed by atoms with Crippen LogP contribution >= 0.6 is 0 Å². The van der Waals surface area contributed by atoms with Crippen LogP contribution < -0.4 is 0 Å². The summed E-state index contributed by atoms with van der Waals surface area (Å²) in [6, 6.07) is 1.78. The van der Waals surface area contributed by atoms with Crippen LogP contribution in [-0.2, 0) is 4.74 Å². The highest BCUT2D eigenvalue weighted by molar-refractivity contribution is 5.91. The minimum Gasteiger partial charge on any atom is -0.504 e. The van der Waals surface area contributed by atoms with Gasteiger partial charge in [-0.25, -0.2) is 4.79 Å². The Labute approximate surface area is 130 Å². The number of ether oxygens (including phenoxy) is 1. The van der Waals surface area contributed by atoms with Crippen molar-refractivity contribution in [1.29, 1.82) is 0 Å². The van der Waals surface area contributed by atoms with Crippen molar-refractivity contribution in [3.05, 3.63) is 17.7 Å².